The first-order valence-electron chi connectivity index (χ1n) is 10.0. The Morgan fingerprint density at radius 1 is 1.00 bits per heavy atom. The highest BCUT2D eigenvalue weighted by molar-refractivity contribution is 7.99. The van der Waals surface area contributed by atoms with Crippen LogP contribution in [0.5, 0.6) is 0 Å². The minimum atomic E-state index is -2.56. The van der Waals surface area contributed by atoms with Gasteiger partial charge in [-0.05, 0) is 30.8 Å². The molecule has 0 aliphatic carbocycles. The van der Waals surface area contributed by atoms with E-state index >= 15 is 0 Å². The van der Waals surface area contributed by atoms with Gasteiger partial charge >= 0.3 is 11.8 Å². The van der Waals surface area contributed by atoms with Crippen LogP contribution >= 0.6 is 11.8 Å². The molecule has 0 saturated carbocycles. The zero-order valence-corrected chi connectivity index (χ0v) is 18.1. The Morgan fingerprint density at radius 3 is 2.39 bits per heavy atom. The topological polar surface area (TPSA) is 64.7 Å². The maximum absolute atomic E-state index is 12.6. The largest absolute Gasteiger partial charge is 0.340 e. The molecule has 1 atom stereocenters. The second-order valence-corrected chi connectivity index (χ2v) is 8.46. The number of benzene rings is 2. The van der Waals surface area contributed by atoms with Crippen molar-refractivity contribution < 1.29 is 18.4 Å². The summed E-state index contributed by atoms with van der Waals surface area (Å²) in [6.45, 7) is 4.26. The Hall–Kier alpha value is -2.49. The number of nitrogens with zero attached hydrogens (tertiary/aromatic N) is 2. The van der Waals surface area contributed by atoms with E-state index in [1.165, 1.54) is 12.1 Å². The summed E-state index contributed by atoms with van der Waals surface area (Å²) in [6, 6.07) is 15.2. The molecule has 1 saturated heterocycles. The maximum atomic E-state index is 12.6. The summed E-state index contributed by atoms with van der Waals surface area (Å²) in [5.74, 6) is -4.16. The Morgan fingerprint density at radius 2 is 1.71 bits per heavy atom. The third-order valence-electron chi connectivity index (χ3n) is 5.07. The fourth-order valence-electron chi connectivity index (χ4n) is 3.37. The number of halogens is 2. The smallest absolute Gasteiger partial charge is 0.313 e. The average molecular weight is 449 g/mol. The minimum Gasteiger partial charge on any atom is -0.340 e. The van der Waals surface area contributed by atoms with Gasteiger partial charge in [-0.3, -0.25) is 14.5 Å². The van der Waals surface area contributed by atoms with Crippen LogP contribution in [0.1, 0.15) is 11.6 Å². The molecule has 6 nitrogen and oxygen atoms in total. The molecular weight excluding hydrogens is 422 g/mol. The van der Waals surface area contributed by atoms with Gasteiger partial charge in [0.15, 0.2) is 0 Å². The summed E-state index contributed by atoms with van der Waals surface area (Å²) < 4.78 is 25.1. The average Bonchev–Trinajstić information content (AvgIpc) is 2.75. The van der Waals surface area contributed by atoms with Gasteiger partial charge in [-0.2, -0.15) is 8.78 Å². The standard InChI is InChI=1S/C22H26F2N4O2S/c1-27-10-12-28(13-11-27)15-19(16-6-3-2-4-7-16)26-21(30)20(29)25-17-8-5-9-18(14-17)31-22(23)24/h2-9,14,19,22H,10-13,15H2,1H3,(H,25,29)(H,26,30). The highest BCUT2D eigenvalue weighted by atomic mass is 32.2. The second kappa shape index (κ2) is 11.2. The predicted octanol–water partition coefficient (Wildman–Crippen LogP) is 3.04. The highest BCUT2D eigenvalue weighted by Gasteiger charge is 2.24. The van der Waals surface area contributed by atoms with Crippen molar-refractivity contribution in [2.45, 2.75) is 16.7 Å². The number of carbonyl (C=O) groups is 2. The predicted molar refractivity (Wildman–Crippen MR) is 118 cm³/mol. The molecule has 2 N–H and O–H groups in total. The number of carbonyl (C=O) groups excluding carboxylic acids is 2. The van der Waals surface area contributed by atoms with Gasteiger partial charge in [0.2, 0.25) is 0 Å². The van der Waals surface area contributed by atoms with Gasteiger partial charge < -0.3 is 15.5 Å². The van der Waals surface area contributed by atoms with Crippen LogP contribution < -0.4 is 10.6 Å². The number of amides is 2. The van der Waals surface area contributed by atoms with E-state index in [1.807, 2.05) is 30.3 Å². The first-order chi connectivity index (χ1) is 14.9. The number of rotatable bonds is 7. The molecule has 1 unspecified atom stereocenters. The van der Waals surface area contributed by atoms with Gasteiger partial charge in [-0.25, -0.2) is 0 Å². The monoisotopic (exact) mass is 448 g/mol. The van der Waals surface area contributed by atoms with Crippen molar-refractivity contribution in [2.75, 3.05) is 45.1 Å². The molecule has 2 aromatic carbocycles. The van der Waals surface area contributed by atoms with E-state index in [9.17, 15) is 18.4 Å². The van der Waals surface area contributed by atoms with Crippen LogP contribution in [0.4, 0.5) is 14.5 Å². The zero-order valence-electron chi connectivity index (χ0n) is 17.3. The SMILES string of the molecule is CN1CCN(CC(NC(=O)C(=O)Nc2cccc(SC(F)F)c2)c2ccccc2)CC1. The van der Waals surface area contributed by atoms with Crippen LogP contribution in [0.3, 0.4) is 0 Å². The number of nitrogens with one attached hydrogen (secondary N) is 2. The van der Waals surface area contributed by atoms with Crippen LogP contribution in [0.15, 0.2) is 59.5 Å². The molecule has 1 aliphatic rings. The van der Waals surface area contributed by atoms with Crippen molar-refractivity contribution in [3.63, 3.8) is 0 Å². The zero-order chi connectivity index (χ0) is 22.2. The quantitative estimate of drug-likeness (QED) is 0.504. The fourth-order valence-corrected chi connectivity index (χ4v) is 3.93. The molecular formula is C22H26F2N4O2S. The molecule has 0 bridgehead atoms. The summed E-state index contributed by atoms with van der Waals surface area (Å²) in [7, 11) is 2.08. The van der Waals surface area contributed by atoms with Gasteiger partial charge in [0.05, 0.1) is 6.04 Å². The third kappa shape index (κ3) is 7.30. The number of piperazine rings is 1. The number of hydrogen-bond acceptors (Lipinski definition) is 5. The van der Waals surface area contributed by atoms with Crippen molar-refractivity contribution in [2.24, 2.45) is 0 Å². The molecule has 1 heterocycles. The molecule has 9 heteroatoms. The van der Waals surface area contributed by atoms with E-state index in [-0.39, 0.29) is 6.04 Å². The number of likely N-dealkylation sites (N-methyl/N-ethyl adjacent to an activating group) is 1. The lowest BCUT2D eigenvalue weighted by Gasteiger charge is -2.35. The van der Waals surface area contributed by atoms with Crippen molar-refractivity contribution >= 4 is 29.3 Å². The third-order valence-corrected chi connectivity index (χ3v) is 5.77. The summed E-state index contributed by atoms with van der Waals surface area (Å²) in [5.41, 5.74) is 1.21. The summed E-state index contributed by atoms with van der Waals surface area (Å²) in [6.07, 6.45) is 0. The maximum Gasteiger partial charge on any atom is 0.313 e. The van der Waals surface area contributed by atoms with E-state index in [1.54, 1.807) is 12.1 Å². The van der Waals surface area contributed by atoms with E-state index in [2.05, 4.69) is 27.5 Å². The van der Waals surface area contributed by atoms with Gasteiger partial charge in [0, 0.05) is 43.3 Å². The van der Waals surface area contributed by atoms with E-state index < -0.39 is 17.6 Å². The molecule has 2 amide bonds. The molecule has 1 aliphatic heterocycles. The van der Waals surface area contributed by atoms with Crippen molar-refractivity contribution in [1.82, 2.24) is 15.1 Å². The van der Waals surface area contributed by atoms with E-state index in [0.717, 1.165) is 31.7 Å². The number of thioether (sulfide) groups is 1. The number of hydrogen-bond donors (Lipinski definition) is 2. The van der Waals surface area contributed by atoms with Crippen molar-refractivity contribution in [1.29, 1.82) is 0 Å². The lowest BCUT2D eigenvalue weighted by Crippen LogP contribution is -2.48. The van der Waals surface area contributed by atoms with Gasteiger partial charge in [-0.1, -0.05) is 48.2 Å². The Balaban J connectivity index is 1.64. The van der Waals surface area contributed by atoms with Crippen LogP contribution in [0.2, 0.25) is 0 Å². The summed E-state index contributed by atoms with van der Waals surface area (Å²) in [5, 5.41) is 5.32. The number of alkyl halides is 2. The Bertz CT molecular complexity index is 877. The first-order valence-corrected chi connectivity index (χ1v) is 10.9. The molecule has 31 heavy (non-hydrogen) atoms. The van der Waals surface area contributed by atoms with Crippen LogP contribution in [0, 0.1) is 0 Å². The minimum absolute atomic E-state index is 0.293. The van der Waals surface area contributed by atoms with Gasteiger partial charge in [-0.15, -0.1) is 0 Å². The van der Waals surface area contributed by atoms with Crippen molar-refractivity contribution in [3.05, 3.63) is 60.2 Å². The lowest BCUT2D eigenvalue weighted by atomic mass is 10.1. The molecule has 166 valence electrons. The molecule has 0 radical (unpaired) electrons. The first kappa shape index (κ1) is 23.2. The Kier molecular flexibility index (Phi) is 8.39. The number of anilines is 1. The second-order valence-electron chi connectivity index (χ2n) is 7.40. The molecule has 3 rings (SSSR count). The molecule has 1 fully saturated rings. The molecule has 0 spiro atoms. The van der Waals surface area contributed by atoms with E-state index in [4.69, 9.17) is 0 Å². The van der Waals surface area contributed by atoms with Crippen LogP contribution in [-0.4, -0.2) is 67.1 Å². The molecule has 0 aromatic heterocycles. The van der Waals surface area contributed by atoms with Crippen LogP contribution in [-0.2, 0) is 9.59 Å². The fraction of sp³-hybridized carbons (Fsp3) is 0.364. The normalized spacial score (nSPS) is 16.1. The van der Waals surface area contributed by atoms with Crippen LogP contribution in [0.25, 0.3) is 0 Å². The lowest BCUT2D eigenvalue weighted by molar-refractivity contribution is -0.136. The van der Waals surface area contributed by atoms with Gasteiger partial charge in [0.1, 0.15) is 0 Å². The molecule has 2 aromatic rings. The van der Waals surface area contributed by atoms with Crippen molar-refractivity contribution in [3.8, 4) is 0 Å². The van der Waals surface area contributed by atoms with E-state index in [0.29, 0.717) is 28.9 Å². The summed E-state index contributed by atoms with van der Waals surface area (Å²) >= 11 is 0.381. The summed E-state index contributed by atoms with van der Waals surface area (Å²) in [4.78, 5) is 29.9. The highest BCUT2D eigenvalue weighted by Crippen LogP contribution is 2.27. The van der Waals surface area contributed by atoms with Gasteiger partial charge in [0.25, 0.3) is 5.76 Å². The Labute approximate surface area is 185 Å².